The molecule has 1 aromatic heterocycles. The minimum absolute atomic E-state index is 0.00621. The lowest BCUT2D eigenvalue weighted by Crippen LogP contribution is -2.35. The van der Waals surface area contributed by atoms with Crippen LogP contribution >= 0.6 is 11.8 Å². The lowest BCUT2D eigenvalue weighted by Gasteiger charge is -2.30. The van der Waals surface area contributed by atoms with Crippen molar-refractivity contribution in [3.8, 4) is 0 Å². The molecule has 1 aliphatic heterocycles. The highest BCUT2D eigenvalue weighted by Crippen LogP contribution is 2.34. The molecular formula is C14H22N4O2S. The predicted octanol–water partition coefficient (Wildman–Crippen LogP) is 2.66. The molecule has 0 fully saturated rings. The second-order valence-electron chi connectivity index (χ2n) is 6.82. The first-order valence-corrected chi connectivity index (χ1v) is 7.73. The quantitative estimate of drug-likeness (QED) is 0.866. The van der Waals surface area contributed by atoms with E-state index in [0.717, 1.165) is 16.7 Å². The lowest BCUT2D eigenvalue weighted by molar-refractivity contribution is -0.142. The molecule has 2 rings (SSSR count). The summed E-state index contributed by atoms with van der Waals surface area (Å²) >= 11 is 1.54. The number of allylic oxidation sites excluding steroid dienone is 1. The van der Waals surface area contributed by atoms with Gasteiger partial charge in [-0.05, 0) is 13.8 Å². The van der Waals surface area contributed by atoms with Gasteiger partial charge in [0, 0.05) is 23.4 Å². The number of rotatable bonds is 3. The minimum Gasteiger partial charge on any atom is -0.465 e. The number of thioether (sulfide) groups is 1. The van der Waals surface area contributed by atoms with Crippen LogP contribution in [0.4, 0.5) is 0 Å². The van der Waals surface area contributed by atoms with Gasteiger partial charge in [-0.2, -0.15) is 0 Å². The number of esters is 1. The van der Waals surface area contributed by atoms with Gasteiger partial charge in [0.1, 0.15) is 6.61 Å². The van der Waals surface area contributed by atoms with Crippen LogP contribution in [0.3, 0.4) is 0 Å². The molecule has 0 aliphatic carbocycles. The highest BCUT2D eigenvalue weighted by molar-refractivity contribution is 8.02. The Kier molecular flexibility index (Phi) is 4.06. The SMILES string of the molecule is CC(=O)OCC(C)(C)c1nnc2n1NC(C(C)(C)C)=CS2. The van der Waals surface area contributed by atoms with Crippen LogP contribution in [0.1, 0.15) is 47.4 Å². The third-order valence-corrected chi connectivity index (χ3v) is 4.03. The molecule has 6 nitrogen and oxygen atoms in total. The van der Waals surface area contributed by atoms with Gasteiger partial charge in [-0.3, -0.25) is 10.2 Å². The van der Waals surface area contributed by atoms with Crippen molar-refractivity contribution in [3.63, 3.8) is 0 Å². The molecule has 21 heavy (non-hydrogen) atoms. The summed E-state index contributed by atoms with van der Waals surface area (Å²) in [7, 11) is 0. The zero-order valence-corrected chi connectivity index (χ0v) is 14.2. The molecule has 0 saturated carbocycles. The van der Waals surface area contributed by atoms with Gasteiger partial charge < -0.3 is 4.74 Å². The second kappa shape index (κ2) is 5.36. The van der Waals surface area contributed by atoms with Crippen molar-refractivity contribution in [1.29, 1.82) is 0 Å². The third kappa shape index (κ3) is 3.40. The van der Waals surface area contributed by atoms with E-state index in [1.165, 1.54) is 6.92 Å². The summed E-state index contributed by atoms with van der Waals surface area (Å²) in [5, 5.41) is 11.3. The summed E-state index contributed by atoms with van der Waals surface area (Å²) in [6, 6.07) is 0. The monoisotopic (exact) mass is 310 g/mol. The number of carbonyl (C=O) groups excluding carboxylic acids is 1. The average Bonchev–Trinajstić information content (AvgIpc) is 2.79. The van der Waals surface area contributed by atoms with E-state index in [1.807, 2.05) is 18.5 Å². The van der Waals surface area contributed by atoms with Gasteiger partial charge in [0.25, 0.3) is 0 Å². The Labute approximate surface area is 129 Å². The molecule has 7 heteroatoms. The van der Waals surface area contributed by atoms with Gasteiger partial charge in [-0.25, -0.2) is 4.68 Å². The maximum absolute atomic E-state index is 11.0. The standard InChI is InChI=1S/C14H22N4O2S/c1-9(19)20-8-14(5,6)11-15-16-12-18(11)17-10(7-21-12)13(2,3)4/h7,17H,8H2,1-6H3. The van der Waals surface area contributed by atoms with Crippen LogP contribution in [0.5, 0.6) is 0 Å². The van der Waals surface area contributed by atoms with Crippen LogP contribution in [0.2, 0.25) is 0 Å². The number of hydrogen-bond acceptors (Lipinski definition) is 6. The Morgan fingerprint density at radius 3 is 2.57 bits per heavy atom. The van der Waals surface area contributed by atoms with Crippen molar-refractivity contribution in [2.24, 2.45) is 5.41 Å². The van der Waals surface area contributed by atoms with Crippen molar-refractivity contribution >= 4 is 17.7 Å². The fraction of sp³-hybridized carbons (Fsp3) is 0.643. The maximum Gasteiger partial charge on any atom is 0.302 e. The van der Waals surface area contributed by atoms with E-state index in [-0.39, 0.29) is 18.0 Å². The van der Waals surface area contributed by atoms with Gasteiger partial charge in [0.2, 0.25) is 5.16 Å². The van der Waals surface area contributed by atoms with E-state index in [1.54, 1.807) is 11.8 Å². The smallest absolute Gasteiger partial charge is 0.302 e. The summed E-state index contributed by atoms with van der Waals surface area (Å²) in [6.07, 6.45) is 0. The van der Waals surface area contributed by atoms with E-state index >= 15 is 0 Å². The zero-order chi connectivity index (χ0) is 15.8. The van der Waals surface area contributed by atoms with Crippen LogP contribution in [0.25, 0.3) is 0 Å². The molecule has 0 aromatic carbocycles. The highest BCUT2D eigenvalue weighted by atomic mass is 32.2. The fourth-order valence-electron chi connectivity index (χ4n) is 1.83. The topological polar surface area (TPSA) is 69.0 Å². The van der Waals surface area contributed by atoms with Crippen molar-refractivity contribution in [2.75, 3.05) is 12.0 Å². The maximum atomic E-state index is 11.0. The highest BCUT2D eigenvalue weighted by Gasteiger charge is 2.33. The van der Waals surface area contributed by atoms with Crippen LogP contribution < -0.4 is 5.43 Å². The first-order chi connectivity index (χ1) is 9.61. The Bertz CT molecular complexity index is 584. The molecule has 0 saturated heterocycles. The van der Waals surface area contributed by atoms with Gasteiger partial charge in [-0.1, -0.05) is 32.5 Å². The number of nitrogens with zero attached hydrogens (tertiary/aromatic N) is 3. The van der Waals surface area contributed by atoms with Gasteiger partial charge >= 0.3 is 5.97 Å². The predicted molar refractivity (Wildman–Crippen MR) is 82.4 cm³/mol. The molecule has 0 atom stereocenters. The first kappa shape index (κ1) is 15.9. The largest absolute Gasteiger partial charge is 0.465 e. The Morgan fingerprint density at radius 1 is 1.33 bits per heavy atom. The number of hydrogen-bond donors (Lipinski definition) is 1. The van der Waals surface area contributed by atoms with Gasteiger partial charge in [-0.15, -0.1) is 10.2 Å². The average molecular weight is 310 g/mol. The molecule has 116 valence electrons. The molecule has 1 N–H and O–H groups in total. The van der Waals surface area contributed by atoms with E-state index in [2.05, 4.69) is 41.8 Å². The molecule has 1 aliphatic rings. The summed E-state index contributed by atoms with van der Waals surface area (Å²) < 4.78 is 7.03. The Hall–Kier alpha value is -1.50. The van der Waals surface area contributed by atoms with Gasteiger partial charge in [0.05, 0.1) is 5.41 Å². The summed E-state index contributed by atoms with van der Waals surface area (Å²) in [5.74, 6) is 0.458. The summed E-state index contributed by atoms with van der Waals surface area (Å²) in [5.41, 5.74) is 4.05. The fourth-order valence-corrected chi connectivity index (χ4v) is 2.79. The van der Waals surface area contributed by atoms with E-state index < -0.39 is 5.41 Å². The van der Waals surface area contributed by atoms with Crippen molar-refractivity contribution in [2.45, 2.75) is 52.1 Å². The Balaban J connectivity index is 2.27. The molecule has 0 unspecified atom stereocenters. The molecular weight excluding hydrogens is 288 g/mol. The van der Waals surface area contributed by atoms with Crippen molar-refractivity contribution in [3.05, 3.63) is 16.9 Å². The van der Waals surface area contributed by atoms with E-state index in [4.69, 9.17) is 4.74 Å². The molecule has 0 amide bonds. The molecule has 0 bridgehead atoms. The molecule has 2 heterocycles. The van der Waals surface area contributed by atoms with Crippen molar-refractivity contribution < 1.29 is 9.53 Å². The van der Waals surface area contributed by atoms with Gasteiger partial charge in [0.15, 0.2) is 5.82 Å². The summed E-state index contributed by atoms with van der Waals surface area (Å²) in [6.45, 7) is 12.1. The normalized spacial score (nSPS) is 15.0. The lowest BCUT2D eigenvalue weighted by atomic mass is 9.92. The van der Waals surface area contributed by atoms with Crippen molar-refractivity contribution in [1.82, 2.24) is 14.9 Å². The number of carbonyl (C=O) groups is 1. The number of fused-ring (bicyclic) bond motifs is 1. The van der Waals surface area contributed by atoms with Crippen LogP contribution in [0.15, 0.2) is 16.3 Å². The molecule has 0 radical (unpaired) electrons. The van der Waals surface area contributed by atoms with E-state index in [0.29, 0.717) is 0 Å². The molecule has 0 spiro atoms. The second-order valence-corrected chi connectivity index (χ2v) is 7.65. The number of nitrogens with one attached hydrogen (secondary N) is 1. The summed E-state index contributed by atoms with van der Waals surface area (Å²) in [4.78, 5) is 11.0. The van der Waals surface area contributed by atoms with Crippen LogP contribution in [-0.2, 0) is 14.9 Å². The Morgan fingerprint density at radius 2 is 2.00 bits per heavy atom. The zero-order valence-electron chi connectivity index (χ0n) is 13.4. The first-order valence-electron chi connectivity index (χ1n) is 6.85. The number of aromatic nitrogens is 3. The number of ether oxygens (including phenoxy) is 1. The molecule has 1 aromatic rings. The van der Waals surface area contributed by atoms with Crippen LogP contribution in [0, 0.1) is 5.41 Å². The van der Waals surface area contributed by atoms with Crippen LogP contribution in [-0.4, -0.2) is 27.4 Å². The minimum atomic E-state index is -0.426. The third-order valence-electron chi connectivity index (χ3n) is 3.20. The van der Waals surface area contributed by atoms with E-state index in [9.17, 15) is 4.79 Å².